The summed E-state index contributed by atoms with van der Waals surface area (Å²) >= 11 is 0. The van der Waals surface area contributed by atoms with Gasteiger partial charge in [0.1, 0.15) is 0 Å². The zero-order valence-corrected chi connectivity index (χ0v) is 10.9. The third-order valence-electron chi connectivity index (χ3n) is 3.13. The highest BCUT2D eigenvalue weighted by Gasteiger charge is 2.09. The van der Waals surface area contributed by atoms with Gasteiger partial charge in [0.2, 0.25) is 0 Å². The Bertz CT molecular complexity index is 295. The van der Waals surface area contributed by atoms with Crippen molar-refractivity contribution in [2.45, 2.75) is 32.6 Å². The van der Waals surface area contributed by atoms with E-state index in [4.69, 9.17) is 4.74 Å². The van der Waals surface area contributed by atoms with Crippen molar-refractivity contribution in [2.75, 3.05) is 20.2 Å². The van der Waals surface area contributed by atoms with Gasteiger partial charge in [0.05, 0.1) is 7.11 Å². The Hall–Kier alpha value is -1.09. The van der Waals surface area contributed by atoms with Crippen molar-refractivity contribution in [3.05, 3.63) is 23.8 Å². The monoisotopic (exact) mass is 237 g/mol. The van der Waals surface area contributed by atoms with Gasteiger partial charge in [-0.25, -0.2) is 4.79 Å². The van der Waals surface area contributed by atoms with Crippen molar-refractivity contribution in [3.8, 4) is 0 Å². The van der Waals surface area contributed by atoms with E-state index in [1.54, 1.807) is 0 Å². The van der Waals surface area contributed by atoms with Crippen LogP contribution < -0.4 is 5.32 Å². The van der Waals surface area contributed by atoms with E-state index in [1.807, 2.05) is 13.0 Å². The molecule has 1 unspecified atom stereocenters. The Morgan fingerprint density at radius 2 is 2.35 bits per heavy atom. The quantitative estimate of drug-likeness (QED) is 0.334. The van der Waals surface area contributed by atoms with Gasteiger partial charge in [-0.05, 0) is 38.1 Å². The SMILES string of the molecule is CC/C(=C/CNCC1CC=CCC1)C(=O)OC. The van der Waals surface area contributed by atoms with Gasteiger partial charge in [0.15, 0.2) is 0 Å². The van der Waals surface area contributed by atoms with E-state index in [0.717, 1.165) is 31.0 Å². The fourth-order valence-corrected chi connectivity index (χ4v) is 2.03. The smallest absolute Gasteiger partial charge is 0.333 e. The van der Waals surface area contributed by atoms with E-state index in [1.165, 1.54) is 26.4 Å². The summed E-state index contributed by atoms with van der Waals surface area (Å²) in [6.07, 6.45) is 10.8. The maximum atomic E-state index is 11.3. The lowest BCUT2D eigenvalue weighted by molar-refractivity contribution is -0.136. The number of methoxy groups -OCH3 is 1. The normalized spacial score (nSPS) is 20.4. The topological polar surface area (TPSA) is 38.3 Å². The van der Waals surface area contributed by atoms with Crippen LogP contribution >= 0.6 is 0 Å². The zero-order valence-electron chi connectivity index (χ0n) is 10.9. The molecule has 0 spiro atoms. The molecule has 1 aliphatic carbocycles. The van der Waals surface area contributed by atoms with Crippen LogP contribution in [-0.4, -0.2) is 26.2 Å². The average Bonchev–Trinajstić information content (AvgIpc) is 2.39. The van der Waals surface area contributed by atoms with Crippen LogP contribution in [0.15, 0.2) is 23.8 Å². The summed E-state index contributed by atoms with van der Waals surface area (Å²) in [7, 11) is 1.42. The van der Waals surface area contributed by atoms with E-state index in [9.17, 15) is 4.79 Å². The van der Waals surface area contributed by atoms with E-state index in [-0.39, 0.29) is 5.97 Å². The Morgan fingerprint density at radius 3 is 2.94 bits per heavy atom. The number of nitrogens with one attached hydrogen (secondary N) is 1. The number of esters is 1. The minimum absolute atomic E-state index is 0.213. The van der Waals surface area contributed by atoms with Crippen LogP contribution in [0, 0.1) is 5.92 Å². The predicted molar refractivity (Wildman–Crippen MR) is 69.7 cm³/mol. The number of carbonyl (C=O) groups is 1. The van der Waals surface area contributed by atoms with Gasteiger partial charge in [-0.2, -0.15) is 0 Å². The number of ether oxygens (including phenoxy) is 1. The third-order valence-corrected chi connectivity index (χ3v) is 3.13. The minimum atomic E-state index is -0.213. The van der Waals surface area contributed by atoms with Gasteiger partial charge in [-0.15, -0.1) is 0 Å². The molecule has 0 saturated carbocycles. The summed E-state index contributed by atoms with van der Waals surface area (Å²) in [5, 5.41) is 3.38. The van der Waals surface area contributed by atoms with Gasteiger partial charge in [0, 0.05) is 12.1 Å². The molecule has 0 saturated heterocycles. The first-order chi connectivity index (χ1) is 8.27. The second kappa shape index (κ2) is 8.07. The van der Waals surface area contributed by atoms with Gasteiger partial charge >= 0.3 is 5.97 Å². The molecule has 1 rings (SSSR count). The van der Waals surface area contributed by atoms with E-state index in [0.29, 0.717) is 0 Å². The molecule has 0 fully saturated rings. The molecule has 17 heavy (non-hydrogen) atoms. The van der Waals surface area contributed by atoms with Crippen LogP contribution in [0.1, 0.15) is 32.6 Å². The van der Waals surface area contributed by atoms with Crippen molar-refractivity contribution in [1.82, 2.24) is 5.32 Å². The third kappa shape index (κ3) is 5.18. The van der Waals surface area contributed by atoms with Gasteiger partial charge in [-0.1, -0.05) is 25.2 Å². The Balaban J connectivity index is 2.23. The number of rotatable bonds is 6. The molecule has 3 heteroatoms. The summed E-state index contributed by atoms with van der Waals surface area (Å²) in [5.41, 5.74) is 0.753. The summed E-state index contributed by atoms with van der Waals surface area (Å²) < 4.78 is 4.71. The van der Waals surface area contributed by atoms with Crippen molar-refractivity contribution in [2.24, 2.45) is 5.92 Å². The van der Waals surface area contributed by atoms with Crippen molar-refractivity contribution < 1.29 is 9.53 Å². The van der Waals surface area contributed by atoms with E-state index in [2.05, 4.69) is 17.5 Å². The van der Waals surface area contributed by atoms with Gasteiger partial charge in [-0.3, -0.25) is 0 Å². The Kier molecular flexibility index (Phi) is 6.63. The maximum Gasteiger partial charge on any atom is 0.333 e. The standard InChI is InChI=1S/C14H23NO2/c1-3-13(14(16)17-2)9-10-15-11-12-7-5-4-6-8-12/h4-5,9,12,15H,3,6-8,10-11H2,1-2H3/b13-9-. The van der Waals surface area contributed by atoms with Crippen LogP contribution in [0.5, 0.6) is 0 Å². The lowest BCUT2D eigenvalue weighted by Crippen LogP contribution is -2.24. The van der Waals surface area contributed by atoms with Crippen molar-refractivity contribution >= 4 is 5.97 Å². The predicted octanol–water partition coefficient (Wildman–Crippen LogP) is 2.44. The highest BCUT2D eigenvalue weighted by molar-refractivity contribution is 5.88. The lowest BCUT2D eigenvalue weighted by atomic mass is 9.94. The van der Waals surface area contributed by atoms with E-state index < -0.39 is 0 Å². The number of carbonyl (C=O) groups excluding carboxylic acids is 1. The molecule has 3 nitrogen and oxygen atoms in total. The number of hydrogen-bond acceptors (Lipinski definition) is 3. The summed E-state index contributed by atoms with van der Waals surface area (Å²) in [6, 6.07) is 0. The first-order valence-electron chi connectivity index (χ1n) is 6.41. The largest absolute Gasteiger partial charge is 0.466 e. The molecular formula is C14H23NO2. The highest BCUT2D eigenvalue weighted by Crippen LogP contribution is 2.16. The van der Waals surface area contributed by atoms with Gasteiger partial charge < -0.3 is 10.1 Å². The lowest BCUT2D eigenvalue weighted by Gasteiger charge is -2.17. The molecule has 0 heterocycles. The molecule has 1 aliphatic rings. The molecular weight excluding hydrogens is 214 g/mol. The highest BCUT2D eigenvalue weighted by atomic mass is 16.5. The summed E-state index contributed by atoms with van der Waals surface area (Å²) in [4.78, 5) is 11.3. The van der Waals surface area contributed by atoms with Crippen molar-refractivity contribution in [1.29, 1.82) is 0 Å². The second-order valence-corrected chi connectivity index (χ2v) is 4.38. The summed E-state index contributed by atoms with van der Waals surface area (Å²) in [6.45, 7) is 3.74. The molecule has 0 aromatic carbocycles. The van der Waals surface area contributed by atoms with Crippen LogP contribution in [0.2, 0.25) is 0 Å². The molecule has 0 aromatic heterocycles. The van der Waals surface area contributed by atoms with Crippen LogP contribution in [-0.2, 0) is 9.53 Å². The van der Waals surface area contributed by atoms with E-state index >= 15 is 0 Å². The number of hydrogen-bond donors (Lipinski definition) is 1. The maximum absolute atomic E-state index is 11.3. The van der Waals surface area contributed by atoms with Crippen molar-refractivity contribution in [3.63, 3.8) is 0 Å². The second-order valence-electron chi connectivity index (χ2n) is 4.38. The van der Waals surface area contributed by atoms with Crippen LogP contribution in [0.4, 0.5) is 0 Å². The zero-order chi connectivity index (χ0) is 12.5. The first-order valence-corrected chi connectivity index (χ1v) is 6.41. The fraction of sp³-hybridized carbons (Fsp3) is 0.643. The van der Waals surface area contributed by atoms with Gasteiger partial charge in [0.25, 0.3) is 0 Å². The molecule has 0 aromatic rings. The molecule has 0 bridgehead atoms. The molecule has 1 N–H and O–H groups in total. The molecule has 1 atom stereocenters. The molecule has 0 amide bonds. The summed E-state index contributed by atoms with van der Waals surface area (Å²) in [5.74, 6) is 0.534. The van der Waals surface area contributed by atoms with Crippen LogP contribution in [0.3, 0.4) is 0 Å². The molecule has 96 valence electrons. The number of allylic oxidation sites excluding steroid dienone is 2. The minimum Gasteiger partial charge on any atom is -0.466 e. The Morgan fingerprint density at radius 1 is 1.53 bits per heavy atom. The molecule has 0 aliphatic heterocycles. The fourth-order valence-electron chi connectivity index (χ4n) is 2.03. The average molecular weight is 237 g/mol. The van der Waals surface area contributed by atoms with Crippen LogP contribution in [0.25, 0.3) is 0 Å². The Labute approximate surface area is 104 Å². The first kappa shape index (κ1) is 14.0. The molecule has 0 radical (unpaired) electrons.